The van der Waals surface area contributed by atoms with E-state index in [0.29, 0.717) is 5.54 Å². The lowest BCUT2D eigenvalue weighted by atomic mass is 9.88. The quantitative estimate of drug-likeness (QED) is 0.921. The maximum atomic E-state index is 4.88. The molecular formula is C17H20N2S. The van der Waals surface area contributed by atoms with Crippen LogP contribution >= 0.6 is 11.3 Å². The minimum Gasteiger partial charge on any atom is -0.311 e. The van der Waals surface area contributed by atoms with Gasteiger partial charge >= 0.3 is 0 Å². The van der Waals surface area contributed by atoms with Crippen LogP contribution in [0.2, 0.25) is 0 Å². The molecule has 3 heteroatoms. The molecular weight excluding hydrogens is 264 g/mol. The van der Waals surface area contributed by atoms with Crippen LogP contribution in [0.25, 0.3) is 11.3 Å². The average molecular weight is 284 g/mol. The van der Waals surface area contributed by atoms with Gasteiger partial charge in [0.05, 0.1) is 10.7 Å². The normalized spacial score (nSPS) is 26.0. The molecule has 2 heterocycles. The molecule has 0 amide bonds. The molecule has 1 aliphatic heterocycles. The van der Waals surface area contributed by atoms with Crippen molar-refractivity contribution in [2.24, 2.45) is 5.92 Å². The third kappa shape index (κ3) is 2.29. The first kappa shape index (κ1) is 12.5. The van der Waals surface area contributed by atoms with Crippen molar-refractivity contribution in [1.29, 1.82) is 0 Å². The number of thiazole rings is 1. The number of hydrogen-bond acceptors (Lipinski definition) is 3. The van der Waals surface area contributed by atoms with Gasteiger partial charge < -0.3 is 5.32 Å². The van der Waals surface area contributed by atoms with E-state index in [-0.39, 0.29) is 0 Å². The predicted molar refractivity (Wildman–Crippen MR) is 83.9 cm³/mol. The van der Waals surface area contributed by atoms with Gasteiger partial charge in [0.15, 0.2) is 0 Å². The third-order valence-electron chi connectivity index (χ3n) is 4.72. The summed E-state index contributed by atoms with van der Waals surface area (Å²) in [5.74, 6) is 0.897. The lowest BCUT2D eigenvalue weighted by Gasteiger charge is -2.28. The number of nitrogens with zero attached hydrogens (tertiary/aromatic N) is 1. The molecule has 2 aromatic rings. The monoisotopic (exact) mass is 284 g/mol. The van der Waals surface area contributed by atoms with E-state index in [0.717, 1.165) is 18.0 Å². The maximum Gasteiger partial charge on any atom is 0.0951 e. The summed E-state index contributed by atoms with van der Waals surface area (Å²) in [6.07, 6.45) is 6.59. The summed E-state index contributed by atoms with van der Waals surface area (Å²) in [7, 11) is 0. The molecule has 104 valence electrons. The zero-order chi connectivity index (χ0) is 13.4. The van der Waals surface area contributed by atoms with E-state index in [1.54, 1.807) is 0 Å². The fourth-order valence-corrected chi connectivity index (χ4v) is 4.44. The molecule has 2 fully saturated rings. The highest BCUT2D eigenvalue weighted by molar-refractivity contribution is 7.10. The molecule has 4 rings (SSSR count). The van der Waals surface area contributed by atoms with Crippen LogP contribution in [0.15, 0.2) is 35.7 Å². The van der Waals surface area contributed by atoms with E-state index < -0.39 is 0 Å². The summed E-state index contributed by atoms with van der Waals surface area (Å²) in [6, 6.07) is 10.5. The van der Waals surface area contributed by atoms with Gasteiger partial charge in [-0.1, -0.05) is 30.3 Å². The van der Waals surface area contributed by atoms with Gasteiger partial charge in [-0.3, -0.25) is 0 Å². The molecule has 2 nitrogen and oxygen atoms in total. The van der Waals surface area contributed by atoms with Crippen LogP contribution < -0.4 is 5.32 Å². The molecule has 1 N–H and O–H groups in total. The van der Waals surface area contributed by atoms with E-state index in [9.17, 15) is 0 Å². The average Bonchev–Trinajstić information content (AvgIpc) is 3.08. The van der Waals surface area contributed by atoms with Crippen molar-refractivity contribution < 1.29 is 0 Å². The summed E-state index contributed by atoms with van der Waals surface area (Å²) in [5, 5.41) is 7.30. The molecule has 1 aromatic heterocycles. The standard InChI is InChI=1S/C17H20N2S/c1-2-5-13(6-3-1)15-12-20-16(19-15)11-17(14-7-8-14)9-4-10-18-17/h1-3,5-6,12,14,18H,4,7-11H2. The molecule has 1 unspecified atom stereocenters. The Balaban J connectivity index is 1.56. The predicted octanol–water partition coefficient (Wildman–Crippen LogP) is 3.88. The second kappa shape index (κ2) is 4.97. The number of nitrogens with one attached hydrogen (secondary N) is 1. The summed E-state index contributed by atoms with van der Waals surface area (Å²) in [5.41, 5.74) is 2.73. The van der Waals surface area contributed by atoms with E-state index in [1.807, 2.05) is 11.3 Å². The molecule has 0 bridgehead atoms. The second-order valence-electron chi connectivity index (χ2n) is 6.13. The van der Waals surface area contributed by atoms with Crippen LogP contribution in [-0.2, 0) is 6.42 Å². The number of rotatable bonds is 4. The summed E-state index contributed by atoms with van der Waals surface area (Å²) < 4.78 is 0. The number of hydrogen-bond donors (Lipinski definition) is 1. The van der Waals surface area contributed by atoms with Crippen molar-refractivity contribution in [2.75, 3.05) is 6.54 Å². The van der Waals surface area contributed by atoms with Gasteiger partial charge in [0.1, 0.15) is 0 Å². The van der Waals surface area contributed by atoms with Crippen molar-refractivity contribution in [1.82, 2.24) is 10.3 Å². The van der Waals surface area contributed by atoms with Gasteiger partial charge in [-0.2, -0.15) is 0 Å². The molecule has 20 heavy (non-hydrogen) atoms. The van der Waals surface area contributed by atoms with E-state index in [2.05, 4.69) is 41.0 Å². The van der Waals surface area contributed by atoms with Crippen LogP contribution in [-0.4, -0.2) is 17.1 Å². The Morgan fingerprint density at radius 1 is 1.25 bits per heavy atom. The first-order valence-corrected chi connectivity index (χ1v) is 8.49. The molecule has 1 atom stereocenters. The van der Waals surface area contributed by atoms with Crippen LogP contribution in [0, 0.1) is 5.92 Å². The molecule has 2 aliphatic rings. The molecule has 0 spiro atoms. The van der Waals surface area contributed by atoms with Gasteiger partial charge in [-0.25, -0.2) is 4.98 Å². The zero-order valence-electron chi connectivity index (χ0n) is 11.6. The van der Waals surface area contributed by atoms with E-state index in [4.69, 9.17) is 4.98 Å². The third-order valence-corrected chi connectivity index (χ3v) is 5.57. The molecule has 1 saturated heterocycles. The van der Waals surface area contributed by atoms with Gasteiger partial charge in [0, 0.05) is 22.9 Å². The van der Waals surface area contributed by atoms with E-state index in [1.165, 1.54) is 42.8 Å². The van der Waals surface area contributed by atoms with Crippen molar-refractivity contribution in [2.45, 2.75) is 37.6 Å². The van der Waals surface area contributed by atoms with Gasteiger partial charge in [0.2, 0.25) is 0 Å². The SMILES string of the molecule is c1ccc(-c2csc(CC3(C4CC4)CCCN3)n2)cc1. The molecule has 0 radical (unpaired) electrons. The Labute approximate surface area is 124 Å². The van der Waals surface area contributed by atoms with Crippen molar-refractivity contribution in [3.63, 3.8) is 0 Å². The highest BCUT2D eigenvalue weighted by Gasteiger charge is 2.47. The Morgan fingerprint density at radius 3 is 2.80 bits per heavy atom. The van der Waals surface area contributed by atoms with Crippen molar-refractivity contribution in [3.05, 3.63) is 40.7 Å². The Hall–Kier alpha value is -1.19. The maximum absolute atomic E-state index is 4.88. The lowest BCUT2D eigenvalue weighted by molar-refractivity contribution is 0.323. The highest BCUT2D eigenvalue weighted by Crippen LogP contribution is 2.46. The largest absolute Gasteiger partial charge is 0.311 e. The first-order chi connectivity index (χ1) is 9.86. The van der Waals surface area contributed by atoms with Crippen LogP contribution in [0.5, 0.6) is 0 Å². The Morgan fingerprint density at radius 2 is 2.10 bits per heavy atom. The smallest absolute Gasteiger partial charge is 0.0951 e. The summed E-state index contributed by atoms with van der Waals surface area (Å²) >= 11 is 1.82. The zero-order valence-corrected chi connectivity index (χ0v) is 12.5. The Kier molecular flexibility index (Phi) is 3.12. The van der Waals surface area contributed by atoms with Crippen LogP contribution in [0.4, 0.5) is 0 Å². The van der Waals surface area contributed by atoms with Gasteiger partial charge in [0.25, 0.3) is 0 Å². The fourth-order valence-electron chi connectivity index (χ4n) is 3.51. The fraction of sp³-hybridized carbons (Fsp3) is 0.471. The summed E-state index contributed by atoms with van der Waals surface area (Å²) in [4.78, 5) is 4.88. The molecule has 1 saturated carbocycles. The van der Waals surface area contributed by atoms with Crippen molar-refractivity contribution in [3.8, 4) is 11.3 Å². The van der Waals surface area contributed by atoms with Gasteiger partial charge in [-0.05, 0) is 38.1 Å². The first-order valence-electron chi connectivity index (χ1n) is 7.61. The minimum atomic E-state index is 0.367. The number of benzene rings is 1. The number of aromatic nitrogens is 1. The van der Waals surface area contributed by atoms with Crippen molar-refractivity contribution >= 4 is 11.3 Å². The van der Waals surface area contributed by atoms with Gasteiger partial charge in [-0.15, -0.1) is 11.3 Å². The lowest BCUT2D eigenvalue weighted by Crippen LogP contribution is -2.44. The second-order valence-corrected chi connectivity index (χ2v) is 7.07. The molecule has 1 aromatic carbocycles. The Bertz CT molecular complexity index is 580. The van der Waals surface area contributed by atoms with Crippen LogP contribution in [0.1, 0.15) is 30.7 Å². The minimum absolute atomic E-state index is 0.367. The summed E-state index contributed by atoms with van der Waals surface area (Å²) in [6.45, 7) is 1.19. The van der Waals surface area contributed by atoms with E-state index >= 15 is 0 Å². The highest BCUT2D eigenvalue weighted by atomic mass is 32.1. The molecule has 1 aliphatic carbocycles. The topological polar surface area (TPSA) is 24.9 Å². The van der Waals surface area contributed by atoms with Crippen LogP contribution in [0.3, 0.4) is 0 Å².